The number of benzene rings is 1. The number of carbonyl (C=O) groups is 1. The summed E-state index contributed by atoms with van der Waals surface area (Å²) in [5.74, 6) is -0.372. The molecular formula is C13H19NO3. The molecule has 0 spiro atoms. The van der Waals surface area contributed by atoms with E-state index in [1.54, 1.807) is 0 Å². The van der Waals surface area contributed by atoms with Gasteiger partial charge in [-0.2, -0.15) is 0 Å². The van der Waals surface area contributed by atoms with Gasteiger partial charge in [-0.25, -0.2) is 0 Å². The van der Waals surface area contributed by atoms with E-state index >= 15 is 0 Å². The number of aliphatic hydroxyl groups excluding tert-OH is 1. The van der Waals surface area contributed by atoms with E-state index in [2.05, 4.69) is 0 Å². The molecule has 1 N–H and O–H groups in total. The van der Waals surface area contributed by atoms with Crippen LogP contribution in [0.15, 0.2) is 30.3 Å². The number of nitrogens with zero attached hydrogens (tertiary/aromatic N) is 1. The summed E-state index contributed by atoms with van der Waals surface area (Å²) in [5, 5.41) is 9.54. The molecule has 0 fully saturated rings. The van der Waals surface area contributed by atoms with Crippen LogP contribution in [0, 0.1) is 0 Å². The minimum Gasteiger partial charge on any atom is -0.461 e. The van der Waals surface area contributed by atoms with Gasteiger partial charge in [0.25, 0.3) is 0 Å². The lowest BCUT2D eigenvalue weighted by Gasteiger charge is -2.15. The summed E-state index contributed by atoms with van der Waals surface area (Å²) in [4.78, 5) is 13.2. The van der Waals surface area contributed by atoms with Crippen LogP contribution in [0.1, 0.15) is 12.0 Å². The maximum Gasteiger partial charge on any atom is 0.308 e. The Kier molecular flexibility index (Phi) is 5.66. The van der Waals surface area contributed by atoms with Crippen molar-refractivity contribution in [1.29, 1.82) is 0 Å². The summed E-state index contributed by atoms with van der Waals surface area (Å²) in [6.07, 6.45) is -0.640. The van der Waals surface area contributed by atoms with Gasteiger partial charge in [-0.05, 0) is 19.7 Å². The van der Waals surface area contributed by atoms with Gasteiger partial charge in [0.1, 0.15) is 6.61 Å². The molecule has 0 saturated carbocycles. The van der Waals surface area contributed by atoms with Gasteiger partial charge in [0.05, 0.1) is 12.5 Å². The van der Waals surface area contributed by atoms with Crippen molar-refractivity contribution in [2.75, 3.05) is 20.6 Å². The number of likely N-dealkylation sites (N-methyl/N-ethyl adjacent to an activating group) is 1. The second-order valence-electron chi connectivity index (χ2n) is 4.27. The zero-order valence-electron chi connectivity index (χ0n) is 10.3. The fourth-order valence-electron chi connectivity index (χ4n) is 1.48. The summed E-state index contributed by atoms with van der Waals surface area (Å²) in [7, 11) is 3.69. The van der Waals surface area contributed by atoms with E-state index in [-0.39, 0.29) is 19.0 Å². The molecule has 0 heterocycles. The number of rotatable bonds is 6. The Morgan fingerprint density at radius 2 is 2.00 bits per heavy atom. The average Bonchev–Trinajstić information content (AvgIpc) is 2.26. The van der Waals surface area contributed by atoms with Gasteiger partial charge in [-0.15, -0.1) is 0 Å². The van der Waals surface area contributed by atoms with Crippen LogP contribution in [0.4, 0.5) is 0 Å². The van der Waals surface area contributed by atoms with E-state index in [4.69, 9.17) is 4.74 Å². The summed E-state index contributed by atoms with van der Waals surface area (Å²) in [6.45, 7) is 0.717. The van der Waals surface area contributed by atoms with Gasteiger partial charge in [0, 0.05) is 6.54 Å². The van der Waals surface area contributed by atoms with Gasteiger partial charge in [-0.3, -0.25) is 4.79 Å². The van der Waals surface area contributed by atoms with Crippen molar-refractivity contribution in [3.05, 3.63) is 35.9 Å². The first-order valence-electron chi connectivity index (χ1n) is 5.60. The van der Waals surface area contributed by atoms with Crippen molar-refractivity contribution >= 4 is 5.97 Å². The Morgan fingerprint density at radius 1 is 1.35 bits per heavy atom. The highest BCUT2D eigenvalue weighted by atomic mass is 16.5. The molecule has 0 aliphatic heterocycles. The third-order valence-electron chi connectivity index (χ3n) is 2.22. The molecule has 1 aromatic carbocycles. The first kappa shape index (κ1) is 13.7. The molecule has 4 nitrogen and oxygen atoms in total. The van der Waals surface area contributed by atoms with Crippen molar-refractivity contribution in [3.8, 4) is 0 Å². The third kappa shape index (κ3) is 6.04. The van der Waals surface area contributed by atoms with Crippen LogP contribution in [0.3, 0.4) is 0 Å². The van der Waals surface area contributed by atoms with Crippen LogP contribution in [0.2, 0.25) is 0 Å². The Labute approximate surface area is 102 Å². The summed E-state index contributed by atoms with van der Waals surface area (Å²) in [6, 6.07) is 9.48. The van der Waals surface area contributed by atoms with Crippen molar-refractivity contribution in [2.45, 2.75) is 19.1 Å². The number of esters is 1. The molecular weight excluding hydrogens is 218 g/mol. The van der Waals surface area contributed by atoms with E-state index in [1.165, 1.54) is 0 Å². The number of aliphatic hydroxyl groups is 1. The van der Waals surface area contributed by atoms with Gasteiger partial charge >= 0.3 is 5.97 Å². The van der Waals surface area contributed by atoms with Crippen LogP contribution in [0.5, 0.6) is 0 Å². The minimum absolute atomic E-state index is 0.0328. The molecule has 0 aliphatic rings. The highest BCUT2D eigenvalue weighted by Crippen LogP contribution is 2.03. The maximum absolute atomic E-state index is 11.4. The van der Waals surface area contributed by atoms with Gasteiger partial charge < -0.3 is 14.7 Å². The summed E-state index contributed by atoms with van der Waals surface area (Å²) < 4.78 is 5.06. The van der Waals surface area contributed by atoms with Crippen LogP contribution >= 0.6 is 0 Å². The van der Waals surface area contributed by atoms with Gasteiger partial charge in [-0.1, -0.05) is 30.3 Å². The molecule has 0 saturated heterocycles. The SMILES string of the molecule is CN(C)CC(O)CC(=O)OCc1ccccc1. The fraction of sp³-hybridized carbons (Fsp3) is 0.462. The molecule has 1 aromatic rings. The topological polar surface area (TPSA) is 49.8 Å². The Balaban J connectivity index is 2.26. The Morgan fingerprint density at radius 3 is 2.59 bits per heavy atom. The van der Waals surface area contributed by atoms with E-state index in [9.17, 15) is 9.90 Å². The monoisotopic (exact) mass is 237 g/mol. The molecule has 94 valence electrons. The first-order valence-corrected chi connectivity index (χ1v) is 5.60. The number of carbonyl (C=O) groups excluding carboxylic acids is 1. The van der Waals surface area contributed by atoms with Crippen LogP contribution in [0.25, 0.3) is 0 Å². The lowest BCUT2D eigenvalue weighted by atomic mass is 10.2. The van der Waals surface area contributed by atoms with E-state index in [0.717, 1.165) is 5.56 Å². The summed E-state index contributed by atoms with van der Waals surface area (Å²) >= 11 is 0. The van der Waals surface area contributed by atoms with Crippen molar-refractivity contribution in [2.24, 2.45) is 0 Å². The zero-order valence-corrected chi connectivity index (χ0v) is 10.3. The molecule has 0 amide bonds. The minimum atomic E-state index is -0.673. The smallest absolute Gasteiger partial charge is 0.308 e. The van der Waals surface area contributed by atoms with Crippen LogP contribution in [-0.2, 0) is 16.1 Å². The van der Waals surface area contributed by atoms with Gasteiger partial charge in [0.2, 0.25) is 0 Å². The zero-order chi connectivity index (χ0) is 12.7. The molecule has 17 heavy (non-hydrogen) atoms. The largest absolute Gasteiger partial charge is 0.461 e. The second-order valence-corrected chi connectivity index (χ2v) is 4.27. The number of hydrogen-bond donors (Lipinski definition) is 1. The second kappa shape index (κ2) is 7.04. The molecule has 0 radical (unpaired) electrons. The fourth-order valence-corrected chi connectivity index (χ4v) is 1.48. The molecule has 1 atom stereocenters. The predicted molar refractivity (Wildman–Crippen MR) is 65.4 cm³/mol. The maximum atomic E-state index is 11.4. The average molecular weight is 237 g/mol. The normalized spacial score (nSPS) is 12.5. The van der Waals surface area contributed by atoms with Crippen molar-refractivity contribution < 1.29 is 14.6 Å². The highest BCUT2D eigenvalue weighted by Gasteiger charge is 2.12. The van der Waals surface area contributed by atoms with Crippen molar-refractivity contribution in [3.63, 3.8) is 0 Å². The van der Waals surface area contributed by atoms with Gasteiger partial charge in [0.15, 0.2) is 0 Å². The molecule has 1 rings (SSSR count). The molecule has 0 bridgehead atoms. The quantitative estimate of drug-likeness (QED) is 0.751. The third-order valence-corrected chi connectivity index (χ3v) is 2.22. The first-order chi connectivity index (χ1) is 8.08. The Bertz CT molecular complexity index is 338. The highest BCUT2D eigenvalue weighted by molar-refractivity contribution is 5.69. The van der Waals surface area contributed by atoms with E-state index < -0.39 is 6.10 Å². The molecule has 4 heteroatoms. The predicted octanol–water partition coefficient (Wildman–Crippen LogP) is 1.04. The summed E-state index contributed by atoms with van der Waals surface area (Å²) in [5.41, 5.74) is 0.947. The standard InChI is InChI=1S/C13H19NO3/c1-14(2)9-12(15)8-13(16)17-10-11-6-4-3-5-7-11/h3-7,12,15H,8-10H2,1-2H3. The Hall–Kier alpha value is -1.39. The van der Waals surface area contributed by atoms with Crippen molar-refractivity contribution in [1.82, 2.24) is 4.90 Å². The lowest BCUT2D eigenvalue weighted by Crippen LogP contribution is -2.28. The number of ether oxygens (including phenoxy) is 1. The van der Waals surface area contributed by atoms with Crippen LogP contribution in [-0.4, -0.2) is 42.7 Å². The molecule has 0 aliphatic carbocycles. The molecule has 1 unspecified atom stereocenters. The molecule has 0 aromatic heterocycles. The van der Waals surface area contributed by atoms with E-state index in [1.807, 2.05) is 49.3 Å². The lowest BCUT2D eigenvalue weighted by molar-refractivity contribution is -0.147. The van der Waals surface area contributed by atoms with E-state index in [0.29, 0.717) is 6.54 Å². The van der Waals surface area contributed by atoms with Crippen LogP contribution < -0.4 is 0 Å². The number of hydrogen-bond acceptors (Lipinski definition) is 4.